The maximum Gasteiger partial charge on any atom is 0.273 e. The third-order valence-electron chi connectivity index (χ3n) is 15.6. The molecule has 116 heavy (non-hydrogen) atoms. The van der Waals surface area contributed by atoms with Gasteiger partial charge in [-0.1, -0.05) is 46.4 Å². The van der Waals surface area contributed by atoms with Gasteiger partial charge in [0.15, 0.2) is 77.7 Å². The molecule has 34 nitrogen and oxygen atoms in total. The predicted molar refractivity (Wildman–Crippen MR) is 412 cm³/mol. The number of alkyl halides is 4. The summed E-state index contributed by atoms with van der Waals surface area (Å²) in [4.78, 5) is 81.3. The van der Waals surface area contributed by atoms with Crippen LogP contribution in [0.3, 0.4) is 0 Å². The first kappa shape index (κ1) is 88.1. The van der Waals surface area contributed by atoms with Gasteiger partial charge < -0.3 is 67.4 Å². The van der Waals surface area contributed by atoms with Gasteiger partial charge >= 0.3 is 0 Å². The molecule has 4 N–H and O–H groups in total. The number of nitrogens with one attached hydrogen (secondary N) is 4. The molecule has 4 aromatic carbocycles. The lowest BCUT2D eigenvalue weighted by atomic mass is 10.1. The fraction of sp³-hybridized carbons (Fsp3) is 0.351. The summed E-state index contributed by atoms with van der Waals surface area (Å²) >= 11 is 24.9. The van der Waals surface area contributed by atoms with E-state index in [1.54, 1.807) is 117 Å². The third kappa shape index (κ3) is 28.3. The van der Waals surface area contributed by atoms with E-state index in [1.807, 2.05) is 0 Å². The first-order valence-corrected chi connectivity index (χ1v) is 37.4. The fourth-order valence-electron chi connectivity index (χ4n) is 10.2. The molecule has 0 fully saturated rings. The van der Waals surface area contributed by atoms with E-state index in [2.05, 4.69) is 81.5 Å². The number of hydrogen-bond donors (Lipinski definition) is 4. The molecule has 42 heteroatoms. The van der Waals surface area contributed by atoms with E-state index >= 15 is 0 Å². The van der Waals surface area contributed by atoms with Gasteiger partial charge in [-0.25, -0.2) is 53.0 Å². The van der Waals surface area contributed by atoms with Gasteiger partial charge in [0, 0.05) is 81.0 Å². The number of aromatic nitrogens is 16. The van der Waals surface area contributed by atoms with Crippen molar-refractivity contribution in [1.82, 2.24) is 100 Å². The summed E-state index contributed by atoms with van der Waals surface area (Å²) in [6, 6.07) is 19.8. The molecule has 0 aliphatic heterocycles. The highest BCUT2D eigenvalue weighted by Crippen LogP contribution is 2.36. The molecule has 0 spiro atoms. The van der Waals surface area contributed by atoms with E-state index in [4.69, 9.17) is 92.5 Å². The SMILES string of the molecule is CC([18F])COc1ccc(-c2ocnc2C(=O)NCCCn2cncn2)cc1Cl.CC([18F])OCCOc1ccc(-c2ocnc2C(=O)NCCCn2cncn2)cc1Cl.O=C(NCCCn1cncn1)c1ncoc1-c1ccc(OCCC[18F])c(Cl)c1.O=C(NCCCn1cncn1)c1ncoc1-c1ccc(OCCOCC[18F])c(Cl)c1. The summed E-state index contributed by atoms with van der Waals surface area (Å²) in [5, 5.41) is 28.5. The quantitative estimate of drug-likeness (QED) is 0.0204. The Balaban J connectivity index is 0.000000177. The minimum absolute atomic E-state index is 0.0345. The smallest absolute Gasteiger partial charge is 0.273 e. The van der Waals surface area contributed by atoms with Gasteiger partial charge in [0.2, 0.25) is 0 Å². The molecule has 8 aromatic heterocycles. The van der Waals surface area contributed by atoms with Crippen LogP contribution in [0, 0.1) is 0 Å². The number of oxazole rings is 4. The van der Waals surface area contributed by atoms with Crippen LogP contribution in [0.2, 0.25) is 20.1 Å². The zero-order chi connectivity index (χ0) is 82.2. The number of carbonyl (C=O) groups excluding carboxylic acids is 4. The Labute approximate surface area is 680 Å². The number of nitrogens with zero attached hydrogens (tertiary/aromatic N) is 16. The standard InChI is InChI=1S/2C19H21ClFN5O4.2C18H19ClFN5O3/c1-13(21)28-7-8-29-16-4-3-14(9-15(16)20)18-17(24-12-30-18)19(27)23-5-2-6-26-11-22-10-25-26;20-15-10-14(2-3-16(15)29-9-8-28-7-4-21)18-17(24-13-30-18)19(27)23-5-1-6-26-12-22-11-25-26;1-12(20)8-27-15-4-3-13(7-14(15)19)17-16(23-11-28-17)18(26)22-5-2-6-25-10-21-9-24-25;19-14-9-13(3-4-15(14)27-8-1-5-20)17-16(23-12-28-17)18(26)22-6-2-7-25-11-21-10-24-25/h3-4,9-13H,2,5-8H2,1H3,(H,23,27);2-3,10-13H,1,4-9H2,(H,23,27);3-4,7,9-12H,2,5-6,8H2,1H3,(H,22,26);3-4,9-12H,1-2,5-8H2,(H,22,26)/i2*21-1;2*20-1. The molecule has 4 amide bonds. The number of aryl methyl sites for hydroxylation is 4. The average Bonchev–Trinajstić information content (AvgIpc) is 1.44. The van der Waals surface area contributed by atoms with Crippen LogP contribution in [-0.4, -0.2) is 201 Å². The van der Waals surface area contributed by atoms with Crippen LogP contribution >= 0.6 is 46.4 Å². The van der Waals surface area contributed by atoms with Crippen molar-refractivity contribution in [3.8, 4) is 68.3 Å². The highest BCUT2D eigenvalue weighted by atomic mass is 35.5. The predicted octanol–water partition coefficient (Wildman–Crippen LogP) is 12.2. The molecule has 12 aromatic rings. The van der Waals surface area contributed by atoms with Crippen molar-refractivity contribution in [3.05, 3.63) is 192 Å². The van der Waals surface area contributed by atoms with Gasteiger partial charge in [-0.15, -0.1) is 0 Å². The molecule has 0 aliphatic rings. The normalized spacial score (nSPS) is 11.4. The Bertz CT molecular complexity index is 4910. The minimum atomic E-state index is -1.36. The van der Waals surface area contributed by atoms with E-state index < -0.39 is 25.9 Å². The zero-order valence-corrected chi connectivity index (χ0v) is 65.5. The molecule has 12 rings (SSSR count). The van der Waals surface area contributed by atoms with E-state index in [9.17, 15) is 36.7 Å². The highest BCUT2D eigenvalue weighted by molar-refractivity contribution is 6.33. The summed E-state index contributed by atoms with van der Waals surface area (Å²) in [7, 11) is 0. The second-order valence-electron chi connectivity index (χ2n) is 24.2. The van der Waals surface area contributed by atoms with Crippen LogP contribution in [0.15, 0.2) is 167 Å². The van der Waals surface area contributed by atoms with Gasteiger partial charge in [0.05, 0.1) is 53.2 Å². The van der Waals surface area contributed by atoms with Crippen molar-refractivity contribution < 1.29 is 82.8 Å². The maximum absolute atomic E-state index is 12.9. The summed E-state index contributed by atoms with van der Waals surface area (Å²) in [5.74, 6) is 1.46. The Hall–Kier alpha value is -11.8. The average molecular weight is 1690 g/mol. The summed E-state index contributed by atoms with van der Waals surface area (Å²) in [6.07, 6.45) is 17.7. The van der Waals surface area contributed by atoms with Crippen molar-refractivity contribution in [2.45, 2.75) is 84.7 Å². The zero-order valence-electron chi connectivity index (χ0n) is 62.5. The van der Waals surface area contributed by atoms with Gasteiger partial charge in [0.25, 0.3) is 23.6 Å². The molecular weight excluding hydrogens is 1610 g/mol. The van der Waals surface area contributed by atoms with Crippen LogP contribution in [0.4, 0.5) is 17.6 Å². The number of halogens is 8. The number of carbonyl (C=O) groups is 4. The summed E-state index contributed by atoms with van der Waals surface area (Å²) in [6.45, 7) is 6.97. The molecule has 0 aliphatic carbocycles. The molecular formula is C74H80Cl4F4N20O14. The number of amides is 4. The van der Waals surface area contributed by atoms with Gasteiger partial charge in [-0.05, 0) is 112 Å². The lowest BCUT2D eigenvalue weighted by molar-refractivity contribution is -0.0348. The van der Waals surface area contributed by atoms with E-state index in [1.165, 1.54) is 64.7 Å². The second kappa shape index (κ2) is 47.7. The first-order chi connectivity index (χ1) is 56.5. The molecule has 0 radical (unpaired) electrons. The molecule has 8 heterocycles. The van der Waals surface area contributed by atoms with Crippen molar-refractivity contribution in [2.24, 2.45) is 0 Å². The largest absolute Gasteiger partial charge is 0.492 e. The van der Waals surface area contributed by atoms with Gasteiger partial charge in [-0.3, -0.25) is 42.3 Å². The fourth-order valence-corrected chi connectivity index (χ4v) is 11.1. The second-order valence-corrected chi connectivity index (χ2v) is 25.8. The Morgan fingerprint density at radius 3 is 0.991 bits per heavy atom. The van der Waals surface area contributed by atoms with Crippen LogP contribution in [0.25, 0.3) is 45.3 Å². The van der Waals surface area contributed by atoms with Crippen molar-refractivity contribution >= 4 is 70.0 Å². The van der Waals surface area contributed by atoms with Crippen molar-refractivity contribution in [3.63, 3.8) is 0 Å². The molecule has 0 bridgehead atoms. The number of hydrogen-bond acceptors (Lipinski definition) is 26. The van der Waals surface area contributed by atoms with Gasteiger partial charge in [0.1, 0.15) is 106 Å². The summed E-state index contributed by atoms with van der Waals surface area (Å²) < 4.78 is 110. The minimum Gasteiger partial charge on any atom is -0.492 e. The van der Waals surface area contributed by atoms with Crippen LogP contribution in [0.5, 0.6) is 23.0 Å². The monoisotopic (exact) mass is 1680 g/mol. The Morgan fingerprint density at radius 1 is 0.405 bits per heavy atom. The Kier molecular flexibility index (Phi) is 36.3. The molecule has 2 unspecified atom stereocenters. The number of rotatable bonds is 42. The number of ether oxygens (including phenoxy) is 6. The lowest BCUT2D eigenvalue weighted by Crippen LogP contribution is -2.26. The van der Waals surface area contributed by atoms with Crippen LogP contribution in [0.1, 0.15) is 87.9 Å². The van der Waals surface area contributed by atoms with Crippen LogP contribution < -0.4 is 40.2 Å². The van der Waals surface area contributed by atoms with E-state index in [-0.39, 0.29) is 97.7 Å². The summed E-state index contributed by atoms with van der Waals surface area (Å²) in [5.41, 5.74) is 2.97. The van der Waals surface area contributed by atoms with E-state index in [0.717, 1.165) is 0 Å². The van der Waals surface area contributed by atoms with Crippen LogP contribution in [-0.2, 0) is 35.7 Å². The number of benzene rings is 4. The van der Waals surface area contributed by atoms with Crippen molar-refractivity contribution in [1.29, 1.82) is 0 Å². The third-order valence-corrected chi connectivity index (χ3v) is 16.8. The first-order valence-electron chi connectivity index (χ1n) is 35.9. The van der Waals surface area contributed by atoms with Crippen molar-refractivity contribution in [2.75, 3.05) is 85.8 Å². The lowest BCUT2D eigenvalue weighted by Gasteiger charge is -2.10. The topological polar surface area (TPSA) is 399 Å². The highest BCUT2D eigenvalue weighted by Gasteiger charge is 2.24. The van der Waals surface area contributed by atoms with E-state index in [0.29, 0.717) is 168 Å². The molecule has 616 valence electrons. The Morgan fingerprint density at radius 2 is 0.716 bits per heavy atom. The molecule has 2 atom stereocenters. The van der Waals surface area contributed by atoms with Gasteiger partial charge in [-0.2, -0.15) is 20.4 Å². The molecule has 0 saturated heterocycles. The maximum atomic E-state index is 12.9. The molecule has 0 saturated carbocycles.